The zero-order valence-electron chi connectivity index (χ0n) is 13.9. The molecule has 3 rings (SSSR count). The maximum Gasteiger partial charge on any atom is 0.244 e. The Kier molecular flexibility index (Phi) is 5.99. The van der Waals surface area contributed by atoms with Gasteiger partial charge in [0.25, 0.3) is 0 Å². The van der Waals surface area contributed by atoms with Crippen molar-refractivity contribution in [1.29, 1.82) is 0 Å². The van der Waals surface area contributed by atoms with Crippen LogP contribution in [0, 0.1) is 0 Å². The number of hydrogen-bond donors (Lipinski definition) is 0. The van der Waals surface area contributed by atoms with Gasteiger partial charge in [0.1, 0.15) is 4.90 Å². The summed E-state index contributed by atoms with van der Waals surface area (Å²) in [4.78, 5) is 13.1. The van der Waals surface area contributed by atoms with Crippen molar-refractivity contribution in [3.8, 4) is 0 Å². The van der Waals surface area contributed by atoms with E-state index >= 15 is 0 Å². The van der Waals surface area contributed by atoms with E-state index in [1.165, 1.54) is 22.0 Å². The smallest absolute Gasteiger partial charge is 0.244 e. The van der Waals surface area contributed by atoms with Crippen molar-refractivity contribution in [3.05, 3.63) is 63.6 Å². The van der Waals surface area contributed by atoms with Gasteiger partial charge in [0.2, 0.25) is 16.3 Å². The highest BCUT2D eigenvalue weighted by Crippen LogP contribution is 2.32. The summed E-state index contributed by atoms with van der Waals surface area (Å²) in [6.45, 7) is 2.72. The molecule has 0 spiro atoms. The van der Waals surface area contributed by atoms with Crippen LogP contribution in [0.15, 0.2) is 47.4 Å². The van der Waals surface area contributed by atoms with Gasteiger partial charge in [-0.15, -0.1) is 0 Å². The molecule has 1 aliphatic rings. The van der Waals surface area contributed by atoms with Crippen molar-refractivity contribution in [2.75, 3.05) is 26.2 Å². The molecule has 1 fully saturated rings. The zero-order chi connectivity index (χ0) is 18.7. The number of carbonyl (C=O) groups excluding carboxylic acids is 1. The standard InChI is InChI=1S/C18H17Cl2N2O3S/c19-16-6-7-17(18(20)15(16)13-23)26(24,25)22-10-8-21(9-11-22)12-14-4-2-1-3-5-14/h1-7H,8-12H2. The van der Waals surface area contributed by atoms with Crippen LogP contribution in [0.5, 0.6) is 0 Å². The van der Waals surface area contributed by atoms with Crippen LogP contribution in [0.1, 0.15) is 11.1 Å². The summed E-state index contributed by atoms with van der Waals surface area (Å²) in [6, 6.07) is 12.7. The molecule has 8 heteroatoms. The highest BCUT2D eigenvalue weighted by molar-refractivity contribution is 7.89. The molecule has 1 saturated heterocycles. The van der Waals surface area contributed by atoms with E-state index in [9.17, 15) is 13.2 Å². The summed E-state index contributed by atoms with van der Waals surface area (Å²) >= 11 is 12.0. The summed E-state index contributed by atoms with van der Waals surface area (Å²) in [5.41, 5.74) is 1.06. The SMILES string of the molecule is O=[C]c1c(Cl)ccc(S(=O)(=O)N2CCN(Cc3ccccc3)CC2)c1Cl. The van der Waals surface area contributed by atoms with Crippen LogP contribution in [-0.2, 0) is 21.4 Å². The fourth-order valence-corrected chi connectivity index (χ4v) is 5.17. The number of halogens is 2. The number of nitrogens with zero attached hydrogens (tertiary/aromatic N) is 2. The van der Waals surface area contributed by atoms with Gasteiger partial charge in [0.05, 0.1) is 15.6 Å². The summed E-state index contributed by atoms with van der Waals surface area (Å²) in [6.07, 6.45) is 1.61. The highest BCUT2D eigenvalue weighted by Gasteiger charge is 2.31. The summed E-state index contributed by atoms with van der Waals surface area (Å²) < 4.78 is 27.2. The Labute approximate surface area is 163 Å². The summed E-state index contributed by atoms with van der Waals surface area (Å²) in [7, 11) is -3.80. The summed E-state index contributed by atoms with van der Waals surface area (Å²) in [5.74, 6) is 0. The topological polar surface area (TPSA) is 57.7 Å². The van der Waals surface area contributed by atoms with Crippen molar-refractivity contribution >= 4 is 39.5 Å². The van der Waals surface area contributed by atoms with Gasteiger partial charge in [-0.2, -0.15) is 4.31 Å². The Bertz CT molecular complexity index is 896. The third kappa shape index (κ3) is 3.94. The second-order valence-corrected chi connectivity index (χ2v) is 8.69. The van der Waals surface area contributed by atoms with Crippen LogP contribution in [-0.4, -0.2) is 50.1 Å². The number of hydrogen-bond acceptors (Lipinski definition) is 4. The van der Waals surface area contributed by atoms with Gasteiger partial charge in [-0.3, -0.25) is 9.69 Å². The zero-order valence-corrected chi connectivity index (χ0v) is 16.2. The van der Waals surface area contributed by atoms with Gasteiger partial charge < -0.3 is 0 Å². The second-order valence-electron chi connectivity index (χ2n) is 6.00. The molecular weight excluding hydrogens is 395 g/mol. The minimum Gasteiger partial charge on any atom is -0.296 e. The van der Waals surface area contributed by atoms with Gasteiger partial charge >= 0.3 is 0 Å². The van der Waals surface area contributed by atoms with Crippen molar-refractivity contribution in [2.24, 2.45) is 0 Å². The molecule has 26 heavy (non-hydrogen) atoms. The third-order valence-corrected chi connectivity index (χ3v) is 7.12. The first kappa shape index (κ1) is 19.3. The van der Waals surface area contributed by atoms with E-state index in [2.05, 4.69) is 4.90 Å². The van der Waals surface area contributed by atoms with Crippen LogP contribution in [0.2, 0.25) is 10.0 Å². The molecular formula is C18H17Cl2N2O3S. The molecule has 0 atom stereocenters. The number of benzene rings is 2. The minimum absolute atomic E-state index is 0.0802. The molecule has 0 unspecified atom stereocenters. The van der Waals surface area contributed by atoms with Gasteiger partial charge in [-0.05, 0) is 17.7 Å². The first-order chi connectivity index (χ1) is 12.4. The lowest BCUT2D eigenvalue weighted by atomic mass is 10.2. The van der Waals surface area contributed by atoms with Crippen LogP contribution in [0.3, 0.4) is 0 Å². The normalized spacial score (nSPS) is 16.5. The maximum absolute atomic E-state index is 12.9. The molecule has 1 aliphatic heterocycles. The van der Waals surface area contributed by atoms with E-state index in [4.69, 9.17) is 23.2 Å². The van der Waals surface area contributed by atoms with Gasteiger partial charge in [-0.25, -0.2) is 8.42 Å². The first-order valence-electron chi connectivity index (χ1n) is 8.06. The van der Waals surface area contributed by atoms with Crippen LogP contribution in [0.4, 0.5) is 0 Å². The lowest BCUT2D eigenvalue weighted by molar-refractivity contribution is 0.181. The predicted octanol–water partition coefficient (Wildman–Crippen LogP) is 2.96. The maximum atomic E-state index is 12.9. The van der Waals surface area contributed by atoms with Crippen molar-refractivity contribution in [1.82, 2.24) is 9.21 Å². The molecule has 2 aromatic rings. The molecule has 0 saturated carbocycles. The number of sulfonamides is 1. The lowest BCUT2D eigenvalue weighted by Gasteiger charge is -2.34. The Balaban J connectivity index is 1.73. The Morgan fingerprint density at radius 3 is 2.23 bits per heavy atom. The number of piperazine rings is 1. The van der Waals surface area contributed by atoms with E-state index in [0.717, 1.165) is 6.54 Å². The van der Waals surface area contributed by atoms with E-state index < -0.39 is 10.0 Å². The van der Waals surface area contributed by atoms with Crippen LogP contribution in [0.25, 0.3) is 0 Å². The summed E-state index contributed by atoms with van der Waals surface area (Å²) in [5, 5.41) is -0.101. The number of rotatable bonds is 5. The fraction of sp³-hybridized carbons (Fsp3) is 0.278. The molecule has 5 nitrogen and oxygen atoms in total. The highest BCUT2D eigenvalue weighted by atomic mass is 35.5. The molecule has 1 radical (unpaired) electrons. The van der Waals surface area contributed by atoms with E-state index in [1.807, 2.05) is 30.3 Å². The van der Waals surface area contributed by atoms with Crippen molar-refractivity contribution in [2.45, 2.75) is 11.4 Å². The fourth-order valence-electron chi connectivity index (χ4n) is 2.93. The first-order valence-corrected chi connectivity index (χ1v) is 10.3. The molecule has 0 N–H and O–H groups in total. The third-order valence-electron chi connectivity index (χ3n) is 4.36. The molecule has 1 heterocycles. The molecule has 0 bridgehead atoms. The Morgan fingerprint density at radius 1 is 0.962 bits per heavy atom. The van der Waals surface area contributed by atoms with Crippen molar-refractivity contribution in [3.63, 3.8) is 0 Å². The van der Waals surface area contributed by atoms with Crippen LogP contribution >= 0.6 is 23.2 Å². The van der Waals surface area contributed by atoms with E-state index in [-0.39, 0.29) is 20.5 Å². The largest absolute Gasteiger partial charge is 0.296 e. The van der Waals surface area contributed by atoms with Gasteiger partial charge in [0.15, 0.2) is 0 Å². The monoisotopic (exact) mass is 411 g/mol. The second kappa shape index (κ2) is 8.06. The van der Waals surface area contributed by atoms with E-state index in [0.29, 0.717) is 26.2 Å². The lowest BCUT2D eigenvalue weighted by Crippen LogP contribution is -2.48. The Hall–Kier alpha value is -1.44. The minimum atomic E-state index is -3.80. The molecule has 0 amide bonds. The van der Waals surface area contributed by atoms with Gasteiger partial charge in [0, 0.05) is 32.7 Å². The van der Waals surface area contributed by atoms with Crippen molar-refractivity contribution < 1.29 is 13.2 Å². The van der Waals surface area contributed by atoms with E-state index in [1.54, 1.807) is 6.29 Å². The Morgan fingerprint density at radius 2 is 1.62 bits per heavy atom. The molecule has 0 aromatic heterocycles. The van der Waals surface area contributed by atoms with Crippen LogP contribution < -0.4 is 0 Å². The predicted molar refractivity (Wildman–Crippen MR) is 102 cm³/mol. The molecule has 0 aliphatic carbocycles. The molecule has 2 aromatic carbocycles. The quantitative estimate of drug-likeness (QED) is 0.758. The average Bonchev–Trinajstić information content (AvgIpc) is 2.63. The van der Waals surface area contributed by atoms with Gasteiger partial charge in [-0.1, -0.05) is 53.5 Å². The molecule has 137 valence electrons. The average molecular weight is 412 g/mol.